The average molecular weight is 428 g/mol. The summed E-state index contributed by atoms with van der Waals surface area (Å²) in [5, 5.41) is 6.21. The van der Waals surface area contributed by atoms with E-state index in [0.717, 1.165) is 28.6 Å². The van der Waals surface area contributed by atoms with Gasteiger partial charge in [0.1, 0.15) is 10.8 Å². The summed E-state index contributed by atoms with van der Waals surface area (Å²) in [5.41, 5.74) is 2.07. The highest BCUT2D eigenvalue weighted by molar-refractivity contribution is 7.13. The molecule has 2 aliphatic rings. The van der Waals surface area contributed by atoms with Crippen LogP contribution in [0.4, 0.5) is 0 Å². The zero-order valence-electron chi connectivity index (χ0n) is 18.0. The van der Waals surface area contributed by atoms with Crippen molar-refractivity contribution in [2.24, 2.45) is 0 Å². The summed E-state index contributed by atoms with van der Waals surface area (Å²) < 4.78 is 5.22. The lowest BCUT2D eigenvalue weighted by molar-refractivity contribution is -0.121. The van der Waals surface area contributed by atoms with E-state index in [2.05, 4.69) is 15.2 Å². The number of carbonyl (C=O) groups excluding carboxylic acids is 1. The lowest BCUT2D eigenvalue weighted by Gasteiger charge is -2.48. The zero-order chi connectivity index (χ0) is 20.8. The largest absolute Gasteiger partial charge is 0.497 e. The first kappa shape index (κ1) is 21.3. The molecule has 162 valence electrons. The molecule has 0 unspecified atom stereocenters. The standard InChI is InChI=1S/C24H33N3O2S/c1-29-21-10-8-19(9-11-21)23-26-20(17-30-23)16-22(28)25-18-24(12-4-2-5-13-24)27-14-6-3-7-15-27/h8-11,17H,2-7,12-16,18H2,1H3,(H,25,28). The van der Waals surface area contributed by atoms with Gasteiger partial charge in [0.15, 0.2) is 0 Å². The van der Waals surface area contributed by atoms with Crippen molar-refractivity contribution in [1.82, 2.24) is 15.2 Å². The van der Waals surface area contributed by atoms with Gasteiger partial charge < -0.3 is 10.1 Å². The van der Waals surface area contributed by atoms with Gasteiger partial charge in [-0.2, -0.15) is 0 Å². The lowest BCUT2D eigenvalue weighted by atomic mass is 9.79. The van der Waals surface area contributed by atoms with Gasteiger partial charge >= 0.3 is 0 Å². The highest BCUT2D eigenvalue weighted by atomic mass is 32.1. The van der Waals surface area contributed by atoms with Crippen LogP contribution in [-0.2, 0) is 11.2 Å². The molecule has 1 saturated carbocycles. The van der Waals surface area contributed by atoms with Crippen LogP contribution < -0.4 is 10.1 Å². The molecule has 1 aliphatic carbocycles. The number of carbonyl (C=O) groups is 1. The summed E-state index contributed by atoms with van der Waals surface area (Å²) in [4.78, 5) is 20.1. The van der Waals surface area contributed by atoms with E-state index in [9.17, 15) is 4.79 Å². The van der Waals surface area contributed by atoms with Crippen LogP contribution in [0.1, 0.15) is 57.1 Å². The predicted octanol–water partition coefficient (Wildman–Crippen LogP) is 4.67. The monoisotopic (exact) mass is 427 g/mol. The molecular weight excluding hydrogens is 394 g/mol. The number of benzene rings is 1. The van der Waals surface area contributed by atoms with Crippen LogP contribution in [0.5, 0.6) is 5.75 Å². The number of amides is 1. The average Bonchev–Trinajstić information content (AvgIpc) is 3.27. The number of methoxy groups -OCH3 is 1. The summed E-state index contributed by atoms with van der Waals surface area (Å²) >= 11 is 1.59. The minimum atomic E-state index is 0.0866. The van der Waals surface area contributed by atoms with Crippen molar-refractivity contribution in [1.29, 1.82) is 0 Å². The van der Waals surface area contributed by atoms with Crippen LogP contribution in [0.2, 0.25) is 0 Å². The van der Waals surface area contributed by atoms with Crippen molar-refractivity contribution < 1.29 is 9.53 Å². The summed E-state index contributed by atoms with van der Waals surface area (Å²) in [6.07, 6.45) is 10.6. The van der Waals surface area contributed by atoms with E-state index in [1.54, 1.807) is 18.4 Å². The van der Waals surface area contributed by atoms with Crippen molar-refractivity contribution >= 4 is 17.2 Å². The van der Waals surface area contributed by atoms with E-state index >= 15 is 0 Å². The second-order valence-electron chi connectivity index (χ2n) is 8.66. The highest BCUT2D eigenvalue weighted by Gasteiger charge is 2.38. The van der Waals surface area contributed by atoms with Crippen molar-refractivity contribution in [3.8, 4) is 16.3 Å². The number of rotatable bonds is 7. The first-order valence-corrected chi connectivity index (χ1v) is 12.2. The fraction of sp³-hybridized carbons (Fsp3) is 0.583. The first-order valence-electron chi connectivity index (χ1n) is 11.3. The molecule has 2 heterocycles. The SMILES string of the molecule is COc1ccc(-c2nc(CC(=O)NCC3(N4CCCCC4)CCCCC3)cs2)cc1. The molecule has 1 saturated heterocycles. The fourth-order valence-corrected chi connectivity index (χ4v) is 5.75. The first-order chi connectivity index (χ1) is 14.7. The summed E-state index contributed by atoms with van der Waals surface area (Å²) in [6.45, 7) is 3.15. The molecule has 4 rings (SSSR count). The van der Waals surface area contributed by atoms with Crippen LogP contribution >= 0.6 is 11.3 Å². The molecule has 1 amide bonds. The molecule has 1 N–H and O–H groups in total. The normalized spacial score (nSPS) is 19.4. The van der Waals surface area contributed by atoms with E-state index in [1.165, 1.54) is 64.5 Å². The van der Waals surface area contributed by atoms with Crippen LogP contribution in [-0.4, -0.2) is 48.1 Å². The predicted molar refractivity (Wildman–Crippen MR) is 122 cm³/mol. The van der Waals surface area contributed by atoms with Gasteiger partial charge in [0.05, 0.1) is 19.2 Å². The quantitative estimate of drug-likeness (QED) is 0.698. The molecule has 2 fully saturated rings. The number of thiazole rings is 1. The minimum absolute atomic E-state index is 0.0866. The van der Waals surface area contributed by atoms with Crippen molar-refractivity contribution in [3.05, 3.63) is 35.3 Å². The molecular formula is C24H33N3O2S. The second-order valence-corrected chi connectivity index (χ2v) is 9.52. The van der Waals surface area contributed by atoms with Gasteiger partial charge in [-0.15, -0.1) is 11.3 Å². The Hall–Kier alpha value is -1.92. The molecule has 1 aromatic heterocycles. The van der Waals surface area contributed by atoms with E-state index in [-0.39, 0.29) is 11.4 Å². The van der Waals surface area contributed by atoms with Crippen molar-refractivity contribution in [2.45, 2.75) is 63.3 Å². The topological polar surface area (TPSA) is 54.5 Å². The van der Waals surface area contributed by atoms with Crippen LogP contribution in [0.15, 0.2) is 29.6 Å². The Kier molecular flexibility index (Phi) is 7.05. The Morgan fingerprint density at radius 1 is 1.10 bits per heavy atom. The maximum atomic E-state index is 12.7. The molecule has 0 radical (unpaired) electrons. The Morgan fingerprint density at radius 2 is 1.80 bits per heavy atom. The second kappa shape index (κ2) is 9.92. The number of likely N-dealkylation sites (tertiary alicyclic amines) is 1. The maximum absolute atomic E-state index is 12.7. The molecule has 6 heteroatoms. The number of nitrogens with one attached hydrogen (secondary N) is 1. The molecule has 2 aromatic rings. The number of ether oxygens (including phenoxy) is 1. The molecule has 5 nitrogen and oxygen atoms in total. The number of hydrogen-bond donors (Lipinski definition) is 1. The summed E-state index contributed by atoms with van der Waals surface area (Å²) in [5.74, 6) is 0.920. The Labute approximate surface area is 183 Å². The Balaban J connectivity index is 1.35. The number of piperidine rings is 1. The van der Waals surface area contributed by atoms with Gasteiger partial charge in [-0.25, -0.2) is 4.98 Å². The highest BCUT2D eigenvalue weighted by Crippen LogP contribution is 2.35. The van der Waals surface area contributed by atoms with E-state index in [0.29, 0.717) is 6.42 Å². The third-order valence-electron chi connectivity index (χ3n) is 6.66. The Morgan fingerprint density at radius 3 is 2.50 bits per heavy atom. The van der Waals surface area contributed by atoms with Crippen LogP contribution in [0.3, 0.4) is 0 Å². The number of aromatic nitrogens is 1. The van der Waals surface area contributed by atoms with Crippen molar-refractivity contribution in [3.63, 3.8) is 0 Å². The van der Waals surface area contributed by atoms with Gasteiger partial charge in [-0.1, -0.05) is 25.7 Å². The van der Waals surface area contributed by atoms with E-state index in [4.69, 9.17) is 4.74 Å². The van der Waals surface area contributed by atoms with Gasteiger partial charge in [0.2, 0.25) is 5.91 Å². The van der Waals surface area contributed by atoms with E-state index in [1.807, 2.05) is 29.6 Å². The molecule has 0 atom stereocenters. The van der Waals surface area contributed by atoms with Gasteiger partial charge in [-0.05, 0) is 63.0 Å². The third-order valence-corrected chi connectivity index (χ3v) is 7.60. The summed E-state index contributed by atoms with van der Waals surface area (Å²) in [6, 6.07) is 7.89. The molecule has 1 aromatic carbocycles. The van der Waals surface area contributed by atoms with Crippen molar-refractivity contribution in [2.75, 3.05) is 26.7 Å². The smallest absolute Gasteiger partial charge is 0.226 e. The van der Waals surface area contributed by atoms with Gasteiger partial charge in [0, 0.05) is 23.0 Å². The zero-order valence-corrected chi connectivity index (χ0v) is 18.8. The number of nitrogens with zero attached hydrogens (tertiary/aromatic N) is 2. The Bertz CT molecular complexity index is 821. The molecule has 0 spiro atoms. The minimum Gasteiger partial charge on any atom is -0.497 e. The van der Waals surface area contributed by atoms with Crippen LogP contribution in [0, 0.1) is 0 Å². The summed E-state index contributed by atoms with van der Waals surface area (Å²) in [7, 11) is 1.66. The molecule has 0 bridgehead atoms. The molecule has 30 heavy (non-hydrogen) atoms. The van der Waals surface area contributed by atoms with Gasteiger partial charge in [0.25, 0.3) is 0 Å². The molecule has 1 aliphatic heterocycles. The van der Waals surface area contributed by atoms with E-state index < -0.39 is 0 Å². The maximum Gasteiger partial charge on any atom is 0.226 e. The third kappa shape index (κ3) is 5.03. The lowest BCUT2D eigenvalue weighted by Crippen LogP contribution is -2.58. The number of hydrogen-bond acceptors (Lipinski definition) is 5. The fourth-order valence-electron chi connectivity index (χ4n) is 4.93. The van der Waals surface area contributed by atoms with Crippen LogP contribution in [0.25, 0.3) is 10.6 Å². The van der Waals surface area contributed by atoms with Gasteiger partial charge in [-0.3, -0.25) is 9.69 Å².